The maximum Gasteiger partial charge on any atom is 0.327 e. The van der Waals surface area contributed by atoms with E-state index in [1.54, 1.807) is 0 Å². The van der Waals surface area contributed by atoms with E-state index in [-0.39, 0.29) is 5.56 Å². The third kappa shape index (κ3) is 1.14. The Labute approximate surface area is 107 Å². The van der Waals surface area contributed by atoms with Gasteiger partial charge in [0.2, 0.25) is 0 Å². The van der Waals surface area contributed by atoms with Crippen molar-refractivity contribution in [1.82, 2.24) is 19.9 Å². The van der Waals surface area contributed by atoms with E-state index in [0.29, 0.717) is 17.1 Å². The van der Waals surface area contributed by atoms with Crippen LogP contribution < -0.4 is 11.2 Å². The largest absolute Gasteiger partial charge is 0.336 e. The summed E-state index contributed by atoms with van der Waals surface area (Å²) in [7, 11) is 0. The summed E-state index contributed by atoms with van der Waals surface area (Å²) in [5.41, 5.74) is -0.0918. The smallest absolute Gasteiger partial charge is 0.327 e. The highest BCUT2D eigenvalue weighted by atomic mass is 16.2. The summed E-state index contributed by atoms with van der Waals surface area (Å²) in [5.74, 6) is 4.65. The predicted molar refractivity (Wildman–Crippen MR) is 67.9 cm³/mol. The van der Waals surface area contributed by atoms with Gasteiger partial charge in [-0.1, -0.05) is 0 Å². The summed E-state index contributed by atoms with van der Waals surface area (Å²) in [6.07, 6.45) is 4.11. The third-order valence-electron chi connectivity index (χ3n) is 5.46. The molecule has 3 saturated carbocycles. The van der Waals surface area contributed by atoms with Crippen LogP contribution in [0.5, 0.6) is 0 Å². The van der Waals surface area contributed by atoms with Gasteiger partial charge in [-0.2, -0.15) is 0 Å². The van der Waals surface area contributed by atoms with Gasteiger partial charge < -0.3 is 4.98 Å². The zero-order valence-corrected chi connectivity index (χ0v) is 10.3. The maximum atomic E-state index is 11.7. The van der Waals surface area contributed by atoms with Gasteiger partial charge in [0.15, 0.2) is 5.65 Å². The highest BCUT2D eigenvalue weighted by Crippen LogP contribution is 2.72. The van der Waals surface area contributed by atoms with Gasteiger partial charge in [-0.25, -0.2) is 9.78 Å². The number of nitrogens with one attached hydrogen (secondary N) is 3. The van der Waals surface area contributed by atoms with E-state index in [2.05, 4.69) is 19.9 Å². The Balaban J connectivity index is 1.63. The molecule has 2 bridgehead atoms. The zero-order chi connectivity index (χ0) is 12.7. The minimum absolute atomic E-state index is 0.383. The molecular weight excluding hydrogens is 244 g/mol. The third-order valence-corrected chi connectivity index (χ3v) is 5.46. The van der Waals surface area contributed by atoms with E-state index in [1.165, 1.54) is 19.3 Å². The summed E-state index contributed by atoms with van der Waals surface area (Å²) in [6, 6.07) is 0. The number of hydrogen-bond acceptors (Lipinski definition) is 3. The molecule has 3 N–H and O–H groups in total. The standard InChI is InChI=1S/C13H14N4O2/c18-12-9-11(16-13(19)17-12)15-10(14-9)8-6-4-1-2-5(3-4)7(6)8/h4-8H,1-3H2,(H3,14,15,16,17,18,19). The molecule has 2 aromatic heterocycles. The normalized spacial score (nSPS) is 38.8. The molecule has 3 aliphatic rings. The van der Waals surface area contributed by atoms with Gasteiger partial charge in [-0.15, -0.1) is 0 Å². The highest BCUT2D eigenvalue weighted by Gasteiger charge is 2.66. The molecule has 0 saturated heterocycles. The van der Waals surface area contributed by atoms with Crippen LogP contribution in [0.15, 0.2) is 9.59 Å². The molecule has 4 atom stereocenters. The van der Waals surface area contributed by atoms with Gasteiger partial charge in [0.05, 0.1) is 0 Å². The molecular formula is C13H14N4O2. The Kier molecular flexibility index (Phi) is 1.58. The lowest BCUT2D eigenvalue weighted by Crippen LogP contribution is -2.21. The second-order valence-electron chi connectivity index (χ2n) is 6.27. The molecule has 0 radical (unpaired) electrons. The molecule has 98 valence electrons. The van der Waals surface area contributed by atoms with Crippen LogP contribution >= 0.6 is 0 Å². The van der Waals surface area contributed by atoms with Crippen molar-refractivity contribution in [1.29, 1.82) is 0 Å². The number of aromatic nitrogens is 4. The molecule has 2 heterocycles. The number of H-pyrrole nitrogens is 3. The molecule has 19 heavy (non-hydrogen) atoms. The summed E-state index contributed by atoms with van der Waals surface area (Å²) >= 11 is 0. The number of aromatic amines is 3. The Morgan fingerprint density at radius 1 is 1.00 bits per heavy atom. The number of fused-ring (bicyclic) bond motifs is 6. The minimum atomic E-state index is -0.494. The fourth-order valence-corrected chi connectivity index (χ4v) is 4.80. The van der Waals surface area contributed by atoms with E-state index in [9.17, 15) is 9.59 Å². The maximum absolute atomic E-state index is 11.7. The molecule has 2 aromatic rings. The lowest BCUT2D eigenvalue weighted by atomic mass is 10.0. The lowest BCUT2D eigenvalue weighted by Gasteiger charge is -2.05. The SMILES string of the molecule is O=c1[nH]c(=O)c2[nH]c(C3C4C5CCC(C5)C34)nc2[nH]1. The van der Waals surface area contributed by atoms with E-state index in [0.717, 1.165) is 29.5 Å². The second kappa shape index (κ2) is 3.00. The first kappa shape index (κ1) is 10.00. The van der Waals surface area contributed by atoms with Crippen LogP contribution in [0.4, 0.5) is 0 Å². The molecule has 3 aliphatic carbocycles. The molecule has 3 fully saturated rings. The van der Waals surface area contributed by atoms with Crippen molar-refractivity contribution >= 4 is 11.2 Å². The fourth-order valence-electron chi connectivity index (χ4n) is 4.80. The number of imidazole rings is 1. The van der Waals surface area contributed by atoms with Gasteiger partial charge in [-0.3, -0.25) is 14.8 Å². The Hall–Kier alpha value is -1.85. The molecule has 6 heteroatoms. The van der Waals surface area contributed by atoms with E-state index in [1.807, 2.05) is 0 Å². The fraction of sp³-hybridized carbons (Fsp3) is 0.615. The van der Waals surface area contributed by atoms with Gasteiger partial charge >= 0.3 is 5.69 Å². The molecule has 0 spiro atoms. The lowest BCUT2D eigenvalue weighted by molar-refractivity contribution is 0.456. The van der Waals surface area contributed by atoms with E-state index < -0.39 is 5.69 Å². The van der Waals surface area contributed by atoms with Gasteiger partial charge in [0.25, 0.3) is 5.56 Å². The Morgan fingerprint density at radius 2 is 1.74 bits per heavy atom. The second-order valence-corrected chi connectivity index (χ2v) is 6.27. The molecule has 6 nitrogen and oxygen atoms in total. The molecule has 5 rings (SSSR count). The monoisotopic (exact) mass is 258 g/mol. The minimum Gasteiger partial charge on any atom is -0.336 e. The Bertz CT molecular complexity index is 785. The summed E-state index contributed by atoms with van der Waals surface area (Å²) < 4.78 is 0. The van der Waals surface area contributed by atoms with Crippen LogP contribution in [0.2, 0.25) is 0 Å². The van der Waals surface area contributed by atoms with Crippen molar-refractivity contribution in [3.63, 3.8) is 0 Å². The quantitative estimate of drug-likeness (QED) is 0.702. The summed E-state index contributed by atoms with van der Waals surface area (Å²) in [4.78, 5) is 35.3. The average molecular weight is 258 g/mol. The van der Waals surface area contributed by atoms with Crippen LogP contribution in [0.3, 0.4) is 0 Å². The molecule has 4 unspecified atom stereocenters. The average Bonchev–Trinajstić information content (AvgIpc) is 2.76. The molecule has 0 aromatic carbocycles. The first-order chi connectivity index (χ1) is 9.22. The van der Waals surface area contributed by atoms with Crippen LogP contribution in [0.25, 0.3) is 11.2 Å². The highest BCUT2D eigenvalue weighted by molar-refractivity contribution is 5.69. The van der Waals surface area contributed by atoms with Crippen molar-refractivity contribution < 1.29 is 0 Å². The van der Waals surface area contributed by atoms with Gasteiger partial charge in [-0.05, 0) is 42.9 Å². The number of nitrogens with zero attached hydrogens (tertiary/aromatic N) is 1. The van der Waals surface area contributed by atoms with Crippen LogP contribution in [-0.4, -0.2) is 19.9 Å². The van der Waals surface area contributed by atoms with E-state index >= 15 is 0 Å². The van der Waals surface area contributed by atoms with Gasteiger partial charge in [0.1, 0.15) is 11.3 Å². The van der Waals surface area contributed by atoms with Crippen LogP contribution in [0, 0.1) is 23.7 Å². The van der Waals surface area contributed by atoms with E-state index in [4.69, 9.17) is 0 Å². The van der Waals surface area contributed by atoms with Crippen LogP contribution in [-0.2, 0) is 0 Å². The zero-order valence-electron chi connectivity index (χ0n) is 10.3. The predicted octanol–water partition coefficient (Wildman–Crippen LogP) is 0.699. The van der Waals surface area contributed by atoms with Crippen molar-refractivity contribution in [2.45, 2.75) is 25.2 Å². The van der Waals surface area contributed by atoms with Crippen molar-refractivity contribution in [2.75, 3.05) is 0 Å². The van der Waals surface area contributed by atoms with Crippen LogP contribution in [0.1, 0.15) is 31.0 Å². The molecule has 0 aliphatic heterocycles. The first-order valence-corrected chi connectivity index (χ1v) is 6.94. The van der Waals surface area contributed by atoms with Crippen molar-refractivity contribution in [3.05, 3.63) is 26.7 Å². The first-order valence-electron chi connectivity index (χ1n) is 6.94. The van der Waals surface area contributed by atoms with Gasteiger partial charge in [0, 0.05) is 5.92 Å². The van der Waals surface area contributed by atoms with Crippen molar-refractivity contribution in [2.24, 2.45) is 23.7 Å². The summed E-state index contributed by atoms with van der Waals surface area (Å²) in [6.45, 7) is 0. The summed E-state index contributed by atoms with van der Waals surface area (Å²) in [5, 5.41) is 0. The molecule has 0 amide bonds. The number of rotatable bonds is 1. The topological polar surface area (TPSA) is 94.4 Å². The van der Waals surface area contributed by atoms with Crippen molar-refractivity contribution in [3.8, 4) is 0 Å². The Morgan fingerprint density at radius 3 is 2.47 bits per heavy atom. The number of hydrogen-bond donors (Lipinski definition) is 3.